The monoisotopic (exact) mass is 190 g/mol. The van der Waals surface area contributed by atoms with Crippen LogP contribution in [0.1, 0.15) is 6.42 Å². The highest BCUT2D eigenvalue weighted by atomic mass is 16.8. The van der Waals surface area contributed by atoms with Crippen molar-refractivity contribution in [2.24, 2.45) is 0 Å². The van der Waals surface area contributed by atoms with Crippen LogP contribution >= 0.6 is 0 Å². The fourth-order valence-corrected chi connectivity index (χ4v) is 1.26. The number of hydrogen-bond acceptors (Lipinski definition) is 5. The number of ether oxygens (including phenoxy) is 4. The van der Waals surface area contributed by atoms with E-state index in [1.807, 2.05) is 0 Å². The first-order valence-electron chi connectivity index (χ1n) is 3.99. The summed E-state index contributed by atoms with van der Waals surface area (Å²) in [6, 6.07) is 0. The average molecular weight is 190 g/mol. The van der Waals surface area contributed by atoms with Crippen LogP contribution in [0.15, 0.2) is 0 Å². The number of carbonyl (C=O) groups excluding carboxylic acids is 1. The first-order valence-corrected chi connectivity index (χ1v) is 3.99. The molecular formula is C8H14O5. The topological polar surface area (TPSA) is 54.0 Å². The quantitative estimate of drug-likeness (QED) is 0.623. The van der Waals surface area contributed by atoms with Gasteiger partial charge in [-0.15, -0.1) is 0 Å². The number of Topliss-reactive ketones (excluding diaryl/α,β-unsaturated/α-hetero) is 1. The average Bonchev–Trinajstić information content (AvgIpc) is 2.17. The highest BCUT2D eigenvalue weighted by Gasteiger charge is 2.37. The van der Waals surface area contributed by atoms with E-state index in [0.29, 0.717) is 0 Å². The van der Waals surface area contributed by atoms with Crippen LogP contribution in [0.25, 0.3) is 0 Å². The summed E-state index contributed by atoms with van der Waals surface area (Å²) in [4.78, 5) is 11.3. The third kappa shape index (κ3) is 2.25. The van der Waals surface area contributed by atoms with Crippen LogP contribution in [0.4, 0.5) is 0 Å². The summed E-state index contributed by atoms with van der Waals surface area (Å²) in [5.74, 6) is -0.123. The van der Waals surface area contributed by atoms with Gasteiger partial charge in [0.1, 0.15) is 6.10 Å². The van der Waals surface area contributed by atoms with Crippen molar-refractivity contribution in [3.63, 3.8) is 0 Å². The maximum atomic E-state index is 11.3. The maximum absolute atomic E-state index is 11.3. The van der Waals surface area contributed by atoms with Crippen LogP contribution in [0.5, 0.6) is 0 Å². The maximum Gasteiger partial charge on any atom is 0.220 e. The molecule has 5 nitrogen and oxygen atoms in total. The highest BCUT2D eigenvalue weighted by molar-refractivity contribution is 5.83. The summed E-state index contributed by atoms with van der Waals surface area (Å²) >= 11 is 0. The fourth-order valence-electron chi connectivity index (χ4n) is 1.26. The van der Waals surface area contributed by atoms with E-state index in [0.717, 1.165) is 0 Å². The lowest BCUT2D eigenvalue weighted by Crippen LogP contribution is -2.47. The van der Waals surface area contributed by atoms with Crippen molar-refractivity contribution in [3.8, 4) is 0 Å². The molecule has 1 aliphatic heterocycles. The lowest BCUT2D eigenvalue weighted by Gasteiger charge is -2.32. The molecule has 0 amide bonds. The van der Waals surface area contributed by atoms with E-state index in [1.54, 1.807) is 0 Å². The van der Waals surface area contributed by atoms with Gasteiger partial charge in [-0.05, 0) is 0 Å². The Morgan fingerprint density at radius 3 is 2.38 bits per heavy atom. The lowest BCUT2D eigenvalue weighted by molar-refractivity contribution is -0.272. The van der Waals surface area contributed by atoms with Gasteiger partial charge in [-0.25, -0.2) is 0 Å². The molecule has 0 bridgehead atoms. The Hall–Kier alpha value is -0.490. The molecule has 0 aromatic heterocycles. The predicted molar refractivity (Wildman–Crippen MR) is 43.1 cm³/mol. The Kier molecular flexibility index (Phi) is 3.80. The van der Waals surface area contributed by atoms with Crippen LogP contribution in [-0.2, 0) is 23.7 Å². The van der Waals surface area contributed by atoms with Gasteiger partial charge in [0.25, 0.3) is 0 Å². The van der Waals surface area contributed by atoms with Gasteiger partial charge in [-0.1, -0.05) is 0 Å². The van der Waals surface area contributed by atoms with Crippen molar-refractivity contribution in [1.29, 1.82) is 0 Å². The lowest BCUT2D eigenvalue weighted by atomic mass is 10.1. The minimum absolute atomic E-state index is 0.123. The summed E-state index contributed by atoms with van der Waals surface area (Å²) in [7, 11) is 4.43. The highest BCUT2D eigenvalue weighted by Crippen LogP contribution is 2.19. The molecule has 3 unspecified atom stereocenters. The van der Waals surface area contributed by atoms with Gasteiger partial charge in [0.15, 0.2) is 12.1 Å². The van der Waals surface area contributed by atoms with E-state index in [4.69, 9.17) is 18.9 Å². The standard InChI is InChI=1S/C8H14O5/c1-10-6-4-5(9)7(11-2)13-8(6)12-3/h6-8H,4H2,1-3H3. The molecule has 3 atom stereocenters. The third-order valence-electron chi connectivity index (χ3n) is 1.98. The van der Waals surface area contributed by atoms with Crippen LogP contribution in [0.3, 0.4) is 0 Å². The molecule has 1 fully saturated rings. The van der Waals surface area contributed by atoms with E-state index in [-0.39, 0.29) is 18.3 Å². The van der Waals surface area contributed by atoms with Gasteiger partial charge in [-0.2, -0.15) is 0 Å². The zero-order valence-corrected chi connectivity index (χ0v) is 7.98. The molecule has 76 valence electrons. The van der Waals surface area contributed by atoms with Gasteiger partial charge in [0, 0.05) is 27.8 Å². The summed E-state index contributed by atoms with van der Waals surface area (Å²) < 4.78 is 20.0. The zero-order chi connectivity index (χ0) is 9.84. The van der Waals surface area contributed by atoms with Crippen LogP contribution in [0, 0.1) is 0 Å². The molecule has 0 aromatic rings. The first kappa shape index (κ1) is 10.6. The van der Waals surface area contributed by atoms with E-state index in [2.05, 4.69) is 0 Å². The molecular weight excluding hydrogens is 176 g/mol. The van der Waals surface area contributed by atoms with E-state index < -0.39 is 12.6 Å². The van der Waals surface area contributed by atoms with Crippen LogP contribution in [-0.4, -0.2) is 45.8 Å². The largest absolute Gasteiger partial charge is 0.376 e. The van der Waals surface area contributed by atoms with Crippen molar-refractivity contribution in [3.05, 3.63) is 0 Å². The minimum Gasteiger partial charge on any atom is -0.376 e. The summed E-state index contributed by atoms with van der Waals surface area (Å²) in [6.45, 7) is 0. The summed E-state index contributed by atoms with van der Waals surface area (Å²) in [6.07, 6.45) is -1.44. The van der Waals surface area contributed by atoms with Crippen molar-refractivity contribution in [2.45, 2.75) is 25.1 Å². The summed E-state index contributed by atoms with van der Waals surface area (Å²) in [5.41, 5.74) is 0. The molecule has 0 spiro atoms. The Balaban J connectivity index is 2.60. The normalized spacial score (nSPS) is 35.0. The molecule has 0 aromatic carbocycles. The molecule has 0 N–H and O–H groups in total. The van der Waals surface area contributed by atoms with Gasteiger partial charge in [0.2, 0.25) is 6.29 Å². The Morgan fingerprint density at radius 2 is 1.92 bits per heavy atom. The molecule has 1 heterocycles. The third-order valence-corrected chi connectivity index (χ3v) is 1.98. The number of methoxy groups -OCH3 is 3. The Bertz CT molecular complexity index is 181. The Labute approximate surface area is 76.9 Å². The first-order chi connectivity index (χ1) is 6.22. The molecule has 1 aliphatic rings. The molecule has 1 saturated heterocycles. The Morgan fingerprint density at radius 1 is 1.23 bits per heavy atom. The second-order valence-electron chi connectivity index (χ2n) is 2.75. The number of hydrogen-bond donors (Lipinski definition) is 0. The summed E-state index contributed by atoms with van der Waals surface area (Å²) in [5, 5.41) is 0. The second kappa shape index (κ2) is 4.66. The zero-order valence-electron chi connectivity index (χ0n) is 7.98. The second-order valence-corrected chi connectivity index (χ2v) is 2.75. The molecule has 0 aliphatic carbocycles. The fraction of sp³-hybridized carbons (Fsp3) is 0.875. The predicted octanol–water partition coefficient (Wildman–Crippen LogP) is -0.0642. The van der Waals surface area contributed by atoms with E-state index in [1.165, 1.54) is 21.3 Å². The minimum atomic E-state index is -0.823. The number of ketones is 1. The van der Waals surface area contributed by atoms with Crippen molar-refractivity contribution < 1.29 is 23.7 Å². The van der Waals surface area contributed by atoms with Crippen molar-refractivity contribution in [1.82, 2.24) is 0 Å². The number of carbonyl (C=O) groups is 1. The molecule has 0 radical (unpaired) electrons. The van der Waals surface area contributed by atoms with Crippen molar-refractivity contribution in [2.75, 3.05) is 21.3 Å². The van der Waals surface area contributed by atoms with E-state index in [9.17, 15) is 4.79 Å². The molecule has 13 heavy (non-hydrogen) atoms. The van der Waals surface area contributed by atoms with Crippen LogP contribution in [0.2, 0.25) is 0 Å². The molecule has 1 rings (SSSR count). The van der Waals surface area contributed by atoms with Crippen LogP contribution < -0.4 is 0 Å². The SMILES string of the molecule is COC1OC(OC)C(OC)CC1=O. The van der Waals surface area contributed by atoms with Gasteiger partial charge in [-0.3, -0.25) is 4.79 Å². The number of rotatable bonds is 3. The van der Waals surface area contributed by atoms with E-state index >= 15 is 0 Å². The smallest absolute Gasteiger partial charge is 0.220 e. The molecule has 5 heteroatoms. The van der Waals surface area contributed by atoms with Crippen molar-refractivity contribution >= 4 is 5.78 Å². The molecule has 0 saturated carbocycles. The van der Waals surface area contributed by atoms with Gasteiger partial charge >= 0.3 is 0 Å². The van der Waals surface area contributed by atoms with Gasteiger partial charge < -0.3 is 18.9 Å². The van der Waals surface area contributed by atoms with Gasteiger partial charge in [0.05, 0.1) is 0 Å².